The highest BCUT2D eigenvalue weighted by molar-refractivity contribution is 5.99. The monoisotopic (exact) mass is 258 g/mol. The highest BCUT2D eigenvalue weighted by Gasteiger charge is 2.34. The molecule has 0 aromatic heterocycles. The molecule has 3 amide bonds. The highest BCUT2D eigenvalue weighted by atomic mass is 16.3. The molecule has 0 aliphatic carbocycles. The molecule has 0 saturated carbocycles. The number of amides is 3. The van der Waals surface area contributed by atoms with Crippen LogP contribution in [0.3, 0.4) is 0 Å². The average Bonchev–Trinajstić information content (AvgIpc) is 2.33. The molecule has 102 valence electrons. The Morgan fingerprint density at radius 3 is 2.50 bits per heavy atom. The number of rotatable bonds is 6. The smallest absolute Gasteiger partial charge is 0.243 e. The summed E-state index contributed by atoms with van der Waals surface area (Å²) in [7, 11) is 0. The van der Waals surface area contributed by atoms with Gasteiger partial charge in [0.25, 0.3) is 0 Å². The molecule has 8 nitrogen and oxygen atoms in total. The Bertz CT molecular complexity index is 332. The molecule has 0 spiro atoms. The molecule has 1 heterocycles. The maximum Gasteiger partial charge on any atom is 0.243 e. The van der Waals surface area contributed by atoms with Gasteiger partial charge in [0.2, 0.25) is 17.7 Å². The molecule has 0 aromatic carbocycles. The Kier molecular flexibility index (Phi) is 5.53. The SMILES string of the molecule is NCCNC(=O)CC1NC(=O)C(CCO)NC1=O. The zero-order valence-electron chi connectivity index (χ0n) is 9.94. The number of nitrogens with two attached hydrogens (primary N) is 1. The molecule has 0 aromatic rings. The van der Waals surface area contributed by atoms with Crippen molar-refractivity contribution in [2.45, 2.75) is 24.9 Å². The second-order valence-corrected chi connectivity index (χ2v) is 3.98. The van der Waals surface area contributed by atoms with Crippen molar-refractivity contribution in [2.24, 2.45) is 5.73 Å². The van der Waals surface area contributed by atoms with Gasteiger partial charge < -0.3 is 26.8 Å². The van der Waals surface area contributed by atoms with Crippen LogP contribution in [0, 0.1) is 0 Å². The van der Waals surface area contributed by atoms with E-state index in [9.17, 15) is 14.4 Å². The Morgan fingerprint density at radius 1 is 1.28 bits per heavy atom. The van der Waals surface area contributed by atoms with Crippen molar-refractivity contribution < 1.29 is 19.5 Å². The van der Waals surface area contributed by atoms with Crippen LogP contribution in [-0.4, -0.2) is 54.6 Å². The van der Waals surface area contributed by atoms with Gasteiger partial charge in [-0.3, -0.25) is 14.4 Å². The first-order valence-corrected chi connectivity index (χ1v) is 5.77. The van der Waals surface area contributed by atoms with Crippen molar-refractivity contribution in [3.05, 3.63) is 0 Å². The van der Waals surface area contributed by atoms with Crippen molar-refractivity contribution in [3.8, 4) is 0 Å². The minimum absolute atomic E-state index is 0.122. The van der Waals surface area contributed by atoms with E-state index in [0.717, 1.165) is 0 Å². The summed E-state index contributed by atoms with van der Waals surface area (Å²) in [4.78, 5) is 34.6. The van der Waals surface area contributed by atoms with Crippen LogP contribution in [0.5, 0.6) is 0 Å². The van der Waals surface area contributed by atoms with Gasteiger partial charge in [-0.1, -0.05) is 0 Å². The third kappa shape index (κ3) is 3.97. The van der Waals surface area contributed by atoms with Gasteiger partial charge in [-0.25, -0.2) is 0 Å². The Labute approximate surface area is 104 Å². The first-order valence-electron chi connectivity index (χ1n) is 5.77. The van der Waals surface area contributed by atoms with Crippen molar-refractivity contribution >= 4 is 17.7 Å². The molecule has 0 radical (unpaired) electrons. The molecule has 8 heteroatoms. The Morgan fingerprint density at radius 2 is 1.89 bits per heavy atom. The van der Waals surface area contributed by atoms with Crippen molar-refractivity contribution in [2.75, 3.05) is 19.7 Å². The highest BCUT2D eigenvalue weighted by Crippen LogP contribution is 2.04. The largest absolute Gasteiger partial charge is 0.396 e. The minimum Gasteiger partial charge on any atom is -0.396 e. The zero-order valence-corrected chi connectivity index (χ0v) is 9.94. The number of aliphatic hydroxyl groups excluding tert-OH is 1. The van der Waals surface area contributed by atoms with E-state index in [1.165, 1.54) is 0 Å². The van der Waals surface area contributed by atoms with E-state index in [-0.39, 0.29) is 31.3 Å². The number of hydrogen-bond donors (Lipinski definition) is 5. The van der Waals surface area contributed by atoms with E-state index < -0.39 is 18.0 Å². The van der Waals surface area contributed by atoms with Crippen molar-refractivity contribution in [1.82, 2.24) is 16.0 Å². The number of piperazine rings is 1. The van der Waals surface area contributed by atoms with E-state index in [1.54, 1.807) is 0 Å². The van der Waals surface area contributed by atoms with Crippen molar-refractivity contribution in [1.29, 1.82) is 0 Å². The van der Waals surface area contributed by atoms with Crippen molar-refractivity contribution in [3.63, 3.8) is 0 Å². The van der Waals surface area contributed by atoms with E-state index >= 15 is 0 Å². The summed E-state index contributed by atoms with van der Waals surface area (Å²) in [5.74, 6) is -1.15. The standard InChI is InChI=1S/C10H18N4O4/c11-2-3-12-8(16)5-7-10(18)13-6(1-4-15)9(17)14-7/h6-7,15H,1-5,11H2,(H,12,16)(H,13,18)(H,14,17). The Hall–Kier alpha value is -1.67. The van der Waals surface area contributed by atoms with Crippen LogP contribution in [0.25, 0.3) is 0 Å². The molecular formula is C10H18N4O4. The summed E-state index contributed by atoms with van der Waals surface area (Å²) >= 11 is 0. The predicted molar refractivity (Wildman–Crippen MR) is 62.2 cm³/mol. The first-order chi connectivity index (χ1) is 8.58. The fourth-order valence-electron chi connectivity index (χ4n) is 1.62. The van der Waals surface area contributed by atoms with Crippen LogP contribution in [0.2, 0.25) is 0 Å². The lowest BCUT2D eigenvalue weighted by molar-refractivity contribution is -0.138. The lowest BCUT2D eigenvalue weighted by Gasteiger charge is -2.28. The van der Waals surface area contributed by atoms with Gasteiger partial charge in [0, 0.05) is 19.7 Å². The third-order valence-electron chi connectivity index (χ3n) is 2.54. The molecule has 1 aliphatic heterocycles. The van der Waals surface area contributed by atoms with E-state index in [2.05, 4.69) is 16.0 Å². The van der Waals surface area contributed by atoms with Gasteiger partial charge in [0.05, 0.1) is 6.42 Å². The quantitative estimate of drug-likeness (QED) is 0.342. The van der Waals surface area contributed by atoms with Crippen LogP contribution in [-0.2, 0) is 14.4 Å². The van der Waals surface area contributed by atoms with Crippen LogP contribution >= 0.6 is 0 Å². The van der Waals surface area contributed by atoms with E-state index in [1.807, 2.05) is 0 Å². The van der Waals surface area contributed by atoms with Crippen LogP contribution in [0.1, 0.15) is 12.8 Å². The molecule has 1 saturated heterocycles. The second-order valence-electron chi connectivity index (χ2n) is 3.98. The number of carbonyl (C=O) groups excluding carboxylic acids is 3. The number of hydrogen-bond acceptors (Lipinski definition) is 5. The molecular weight excluding hydrogens is 240 g/mol. The van der Waals surface area contributed by atoms with Crippen LogP contribution in [0.15, 0.2) is 0 Å². The molecule has 1 rings (SSSR count). The fraction of sp³-hybridized carbons (Fsp3) is 0.700. The van der Waals surface area contributed by atoms with Gasteiger partial charge in [0.1, 0.15) is 12.1 Å². The normalized spacial score (nSPS) is 23.2. The molecule has 0 bridgehead atoms. The molecule has 1 aliphatic rings. The van der Waals surface area contributed by atoms with Gasteiger partial charge >= 0.3 is 0 Å². The average molecular weight is 258 g/mol. The lowest BCUT2D eigenvalue weighted by atomic mass is 10.1. The van der Waals surface area contributed by atoms with Gasteiger partial charge in [-0.2, -0.15) is 0 Å². The maximum atomic E-state index is 11.6. The van der Waals surface area contributed by atoms with Gasteiger partial charge in [0.15, 0.2) is 0 Å². The molecule has 2 unspecified atom stereocenters. The zero-order chi connectivity index (χ0) is 13.5. The summed E-state index contributed by atoms with van der Waals surface area (Å²) in [5, 5.41) is 16.2. The second kappa shape index (κ2) is 6.92. The number of carbonyl (C=O) groups is 3. The maximum absolute atomic E-state index is 11.6. The summed E-state index contributed by atoms with van der Waals surface area (Å²) in [6.45, 7) is 0.446. The first kappa shape index (κ1) is 14.4. The topological polar surface area (TPSA) is 134 Å². The Balaban J connectivity index is 2.47. The number of aliphatic hydroxyl groups is 1. The molecule has 1 fully saturated rings. The molecule has 18 heavy (non-hydrogen) atoms. The van der Waals surface area contributed by atoms with Gasteiger partial charge in [-0.15, -0.1) is 0 Å². The summed E-state index contributed by atoms with van der Waals surface area (Å²) in [5.41, 5.74) is 5.22. The summed E-state index contributed by atoms with van der Waals surface area (Å²) in [6, 6.07) is -1.60. The molecule has 2 atom stereocenters. The lowest BCUT2D eigenvalue weighted by Crippen LogP contribution is -2.62. The summed E-state index contributed by atoms with van der Waals surface area (Å²) in [6.07, 6.45) is 0.0348. The minimum atomic E-state index is -0.870. The summed E-state index contributed by atoms with van der Waals surface area (Å²) < 4.78 is 0. The molecule has 6 N–H and O–H groups in total. The van der Waals surface area contributed by atoms with E-state index in [4.69, 9.17) is 10.8 Å². The van der Waals surface area contributed by atoms with Crippen LogP contribution in [0.4, 0.5) is 0 Å². The van der Waals surface area contributed by atoms with Gasteiger partial charge in [-0.05, 0) is 6.42 Å². The third-order valence-corrected chi connectivity index (χ3v) is 2.54. The fourth-order valence-corrected chi connectivity index (χ4v) is 1.62. The number of nitrogens with one attached hydrogen (secondary N) is 3. The predicted octanol–water partition coefficient (Wildman–Crippen LogP) is -3.18. The van der Waals surface area contributed by atoms with Crippen LogP contribution < -0.4 is 21.7 Å². The van der Waals surface area contributed by atoms with E-state index in [0.29, 0.717) is 13.1 Å².